The molecule has 4 fully saturated rings. The summed E-state index contributed by atoms with van der Waals surface area (Å²) in [6, 6.07) is 3.68. The maximum absolute atomic E-state index is 14.8. The number of halogens is 7. The average Bonchev–Trinajstić information content (AvgIpc) is 4.01. The van der Waals surface area contributed by atoms with Gasteiger partial charge in [0.05, 0.1) is 43.6 Å². The first-order valence-electron chi connectivity index (χ1n) is 23.9. The van der Waals surface area contributed by atoms with Crippen molar-refractivity contribution in [1.29, 1.82) is 0 Å². The number of H-pyrrole nitrogens is 1. The van der Waals surface area contributed by atoms with Gasteiger partial charge in [-0.2, -0.15) is 20.2 Å². The quantitative estimate of drug-likeness (QED) is 0.0384. The summed E-state index contributed by atoms with van der Waals surface area (Å²) in [7, 11) is 2.95. The minimum atomic E-state index is -0.671. The standard InChI is InChI=1S/C24H30F2N6O3.C11H12Cl2N4.C6H14N2.C5H3Cl3N2O/c1-34-11-12-35-17-13-19(25)21(20(26)14-17)30-7-9-31(10-8-30)24-28-22-18(23(33)29-24)15-27-32(22)16-5-3-2-4-6-16;12-9-8-6-14-17(7-4-2-1-3-5-7)10(8)16-11(13)15-9;7-8-6-4-2-1-3-5-6;1-11-2-3(6)9-5(8)10-4(2)7/h13-16H,2-12H2,1H3,(H,28,29,33);6-7H,1-5H2;6,8H,1-5,7H2;1H3. The number of aromatic nitrogens is 10. The highest BCUT2D eigenvalue weighted by Crippen LogP contribution is 2.34. The summed E-state index contributed by atoms with van der Waals surface area (Å²) >= 11 is 28.5. The molecule has 25 heteroatoms. The second kappa shape index (κ2) is 26.5. The van der Waals surface area contributed by atoms with E-state index < -0.39 is 11.6 Å². The third-order valence-corrected chi connectivity index (χ3v) is 14.1. The monoisotopic (exact) mass is 1080 g/mol. The van der Waals surface area contributed by atoms with Gasteiger partial charge < -0.3 is 24.0 Å². The van der Waals surface area contributed by atoms with E-state index in [0.717, 1.165) is 49.6 Å². The SMILES string of the molecule is COCCOc1cc(F)c(N2CCN(c3nc4c(cnn4C4CCCCC4)c(=O)[nH]3)CC2)c(F)c1.COc1c(Cl)nc(Cl)nc1Cl.Clc1nc(Cl)c2cnn(C3CCCCC3)c2n1.NNC1CCCCC1. The van der Waals surface area contributed by atoms with Gasteiger partial charge in [0.2, 0.25) is 16.5 Å². The summed E-state index contributed by atoms with van der Waals surface area (Å²) in [5.41, 5.74) is 3.85. The van der Waals surface area contributed by atoms with Crippen molar-refractivity contribution < 1.29 is 23.0 Å². The van der Waals surface area contributed by atoms with E-state index in [9.17, 15) is 13.6 Å². The summed E-state index contributed by atoms with van der Waals surface area (Å²) in [5, 5.41) is 10.9. The Morgan fingerprint density at radius 2 is 1.15 bits per heavy atom. The van der Waals surface area contributed by atoms with Gasteiger partial charge in [-0.1, -0.05) is 92.6 Å². The van der Waals surface area contributed by atoms with Gasteiger partial charge >= 0.3 is 0 Å². The van der Waals surface area contributed by atoms with Crippen LogP contribution in [0.2, 0.25) is 26.0 Å². The lowest BCUT2D eigenvalue weighted by Gasteiger charge is -2.36. The summed E-state index contributed by atoms with van der Waals surface area (Å²) < 4.78 is 48.4. The van der Waals surface area contributed by atoms with Crippen molar-refractivity contribution in [2.24, 2.45) is 5.84 Å². The number of methoxy groups -OCH3 is 2. The van der Waals surface area contributed by atoms with Crippen LogP contribution in [0.1, 0.15) is 108 Å². The van der Waals surface area contributed by atoms with Gasteiger partial charge in [0.25, 0.3) is 5.56 Å². The molecule has 1 aliphatic heterocycles. The van der Waals surface area contributed by atoms with Gasteiger partial charge in [0.1, 0.15) is 28.6 Å². The number of hydrazine groups is 1. The lowest BCUT2D eigenvalue weighted by atomic mass is 9.96. The first-order valence-corrected chi connectivity index (χ1v) is 25.8. The van der Waals surface area contributed by atoms with Crippen LogP contribution in [0.15, 0.2) is 29.3 Å². The zero-order chi connectivity index (χ0) is 50.4. The number of aromatic amines is 1. The molecule has 0 unspecified atom stereocenters. The maximum Gasteiger partial charge on any atom is 0.263 e. The summed E-state index contributed by atoms with van der Waals surface area (Å²) in [5.74, 6) is 4.73. The van der Waals surface area contributed by atoms with Gasteiger partial charge in [0.15, 0.2) is 39.0 Å². The fourth-order valence-corrected chi connectivity index (χ4v) is 10.5. The number of rotatable bonds is 10. The van der Waals surface area contributed by atoms with Crippen LogP contribution in [0.3, 0.4) is 0 Å². The highest BCUT2D eigenvalue weighted by molar-refractivity contribution is 6.37. The normalized spacial score (nSPS) is 17.0. The molecular weight excluding hydrogens is 1030 g/mol. The molecule has 3 aliphatic carbocycles. The second-order valence-corrected chi connectivity index (χ2v) is 19.3. The van der Waals surface area contributed by atoms with E-state index in [-0.39, 0.29) is 56.3 Å². The molecule has 1 aromatic carbocycles. The van der Waals surface area contributed by atoms with Gasteiger partial charge in [-0.05, 0) is 61.7 Å². The molecule has 1 saturated heterocycles. The van der Waals surface area contributed by atoms with Crippen LogP contribution in [0, 0.1) is 11.6 Å². The van der Waals surface area contributed by atoms with Gasteiger partial charge in [0, 0.05) is 51.5 Å². The Labute approximate surface area is 435 Å². The number of hydrogen-bond donors (Lipinski definition) is 3. The third-order valence-electron chi connectivity index (χ3n) is 12.9. The van der Waals surface area contributed by atoms with Crippen LogP contribution in [0.4, 0.5) is 20.4 Å². The van der Waals surface area contributed by atoms with Crippen LogP contribution >= 0.6 is 58.0 Å². The molecule has 10 rings (SSSR count). The van der Waals surface area contributed by atoms with Crippen molar-refractivity contribution in [3.05, 3.63) is 72.5 Å². The van der Waals surface area contributed by atoms with Crippen LogP contribution < -0.4 is 36.1 Å². The Morgan fingerprint density at radius 1 is 0.662 bits per heavy atom. The summed E-state index contributed by atoms with van der Waals surface area (Å²) in [6.45, 7) is 2.20. The number of ether oxygens (including phenoxy) is 3. The molecule has 6 aromatic rings. The Balaban J connectivity index is 0.000000168. The number of nitrogens with two attached hydrogens (primary N) is 1. The fraction of sp³-hybridized carbons (Fsp3) is 0.565. The van der Waals surface area contributed by atoms with E-state index in [4.69, 9.17) is 83.0 Å². The number of anilines is 2. The largest absolute Gasteiger partial charge is 0.491 e. The fourth-order valence-electron chi connectivity index (χ4n) is 9.25. The Kier molecular flexibility index (Phi) is 20.3. The van der Waals surface area contributed by atoms with E-state index in [1.165, 1.54) is 84.1 Å². The predicted molar refractivity (Wildman–Crippen MR) is 274 cm³/mol. The average molecular weight is 1090 g/mol. The van der Waals surface area contributed by atoms with E-state index in [1.54, 1.807) is 17.3 Å². The second-order valence-electron chi connectivity index (χ2n) is 17.6. The van der Waals surface area contributed by atoms with Crippen molar-refractivity contribution in [3.8, 4) is 11.5 Å². The number of hydrogen-bond acceptors (Lipinski definition) is 15. The zero-order valence-electron chi connectivity index (χ0n) is 39.7. The lowest BCUT2D eigenvalue weighted by molar-refractivity contribution is 0.146. The molecule has 4 N–H and O–H groups in total. The molecule has 71 heavy (non-hydrogen) atoms. The Morgan fingerprint density at radius 3 is 1.68 bits per heavy atom. The molecule has 3 saturated carbocycles. The van der Waals surface area contributed by atoms with Crippen molar-refractivity contribution in [2.75, 3.05) is 63.4 Å². The minimum absolute atomic E-state index is 0.000741. The first kappa shape index (κ1) is 54.4. The first-order chi connectivity index (χ1) is 34.4. The van der Waals surface area contributed by atoms with Crippen LogP contribution in [0.25, 0.3) is 22.1 Å². The van der Waals surface area contributed by atoms with E-state index in [1.807, 2.05) is 14.3 Å². The minimum Gasteiger partial charge on any atom is -0.491 e. The van der Waals surface area contributed by atoms with Gasteiger partial charge in [-0.3, -0.25) is 21.0 Å². The Hall–Kier alpha value is -4.41. The van der Waals surface area contributed by atoms with Crippen LogP contribution in [0.5, 0.6) is 11.5 Å². The highest BCUT2D eigenvalue weighted by atomic mass is 35.5. The van der Waals surface area contributed by atoms with Crippen molar-refractivity contribution in [1.82, 2.24) is 54.9 Å². The zero-order valence-corrected chi connectivity index (χ0v) is 43.4. The smallest absolute Gasteiger partial charge is 0.263 e. The van der Waals surface area contributed by atoms with Crippen molar-refractivity contribution in [3.63, 3.8) is 0 Å². The molecule has 0 spiro atoms. The molecule has 0 bridgehead atoms. The summed E-state index contributed by atoms with van der Waals surface area (Å²) in [4.78, 5) is 39.4. The maximum atomic E-state index is 14.8. The molecule has 0 radical (unpaired) electrons. The number of nitrogens with zero attached hydrogens (tertiary/aromatic N) is 11. The number of benzene rings is 1. The molecular formula is C46H59Cl5F2N14O4. The van der Waals surface area contributed by atoms with Crippen LogP contribution in [-0.4, -0.2) is 109 Å². The molecule has 5 aromatic heterocycles. The summed E-state index contributed by atoms with van der Waals surface area (Å²) in [6.07, 6.45) is 21.7. The van der Waals surface area contributed by atoms with Crippen molar-refractivity contribution in [2.45, 2.75) is 114 Å². The lowest BCUT2D eigenvalue weighted by Crippen LogP contribution is -2.48. The predicted octanol–water partition coefficient (Wildman–Crippen LogP) is 10.1. The number of fused-ring (bicyclic) bond motifs is 2. The molecule has 4 aliphatic rings. The topological polar surface area (TPSA) is 205 Å². The van der Waals surface area contributed by atoms with Crippen LogP contribution in [-0.2, 0) is 4.74 Å². The number of piperazine rings is 1. The van der Waals surface area contributed by atoms with Gasteiger partial charge in [-0.15, -0.1) is 0 Å². The molecule has 0 amide bonds. The molecule has 386 valence electrons. The number of nitrogens with one attached hydrogen (secondary N) is 2. The van der Waals surface area contributed by atoms with Gasteiger partial charge in [-0.25, -0.2) is 33.1 Å². The van der Waals surface area contributed by atoms with E-state index in [0.29, 0.717) is 67.0 Å². The highest BCUT2D eigenvalue weighted by Gasteiger charge is 2.27. The molecule has 6 heterocycles. The Bertz CT molecular complexity index is 2680. The third kappa shape index (κ3) is 14.2. The van der Waals surface area contributed by atoms with E-state index in [2.05, 4.69) is 40.5 Å². The molecule has 18 nitrogen and oxygen atoms in total. The molecule has 0 atom stereocenters. The van der Waals surface area contributed by atoms with Crippen molar-refractivity contribution >= 4 is 91.7 Å². The van der Waals surface area contributed by atoms with E-state index >= 15 is 0 Å².